The zero-order chi connectivity index (χ0) is 31.3. The van der Waals surface area contributed by atoms with Crippen LogP contribution in [-0.2, 0) is 5.41 Å². The second kappa shape index (κ2) is 9.71. The molecule has 0 amide bonds. The van der Waals surface area contributed by atoms with E-state index in [-0.39, 0.29) is 5.41 Å². The first kappa shape index (κ1) is 26.6. The van der Waals surface area contributed by atoms with Gasteiger partial charge in [0, 0.05) is 64.3 Å². The highest BCUT2D eigenvalue weighted by atomic mass is 32.1. The molecule has 4 heteroatoms. The normalized spacial score (nSPS) is 13.5. The Labute approximate surface area is 276 Å². The average molecular weight is 620 g/mol. The van der Waals surface area contributed by atoms with Crippen LogP contribution in [-0.4, -0.2) is 14.5 Å². The lowest BCUT2D eigenvalue weighted by Crippen LogP contribution is -2.17. The second-order valence-electron chi connectivity index (χ2n) is 13.0. The zero-order valence-corrected chi connectivity index (χ0v) is 26.8. The molecule has 0 radical (unpaired) electrons. The first-order valence-electron chi connectivity index (χ1n) is 16.1. The maximum atomic E-state index is 5.30. The molecule has 1 aliphatic rings. The summed E-state index contributed by atoms with van der Waals surface area (Å²) in [6.07, 6.45) is 0. The van der Waals surface area contributed by atoms with Gasteiger partial charge >= 0.3 is 0 Å². The minimum Gasteiger partial charge on any atom is -0.309 e. The minimum absolute atomic E-state index is 0.226. The van der Waals surface area contributed by atoms with Crippen molar-refractivity contribution in [3.63, 3.8) is 0 Å². The van der Waals surface area contributed by atoms with E-state index in [0.717, 1.165) is 34.0 Å². The van der Waals surface area contributed by atoms with E-state index in [4.69, 9.17) is 9.97 Å². The van der Waals surface area contributed by atoms with Crippen molar-refractivity contribution in [3.05, 3.63) is 151 Å². The molecular formula is C43H29N3S. The molecule has 1 aliphatic carbocycles. The van der Waals surface area contributed by atoms with Crippen LogP contribution >= 0.6 is 11.3 Å². The van der Waals surface area contributed by atoms with Gasteiger partial charge in [-0.2, -0.15) is 0 Å². The number of thiophene rings is 1. The first-order chi connectivity index (χ1) is 23.1. The Balaban J connectivity index is 1.19. The van der Waals surface area contributed by atoms with Crippen molar-refractivity contribution in [1.82, 2.24) is 14.5 Å². The lowest BCUT2D eigenvalue weighted by molar-refractivity contribution is 0.658. The van der Waals surface area contributed by atoms with E-state index in [9.17, 15) is 0 Å². The molecule has 0 unspecified atom stereocenters. The molecule has 222 valence electrons. The Hall–Kier alpha value is -5.58. The van der Waals surface area contributed by atoms with Crippen molar-refractivity contribution >= 4 is 53.3 Å². The SMILES string of the molecule is CC1(C)c2ccccc2-c2nc(-c3ccccc3)nc(-c3ccc(-n4c5ccccc5c5c6c(ccc54)sc4ccccc46)cc3)c21. The van der Waals surface area contributed by atoms with E-state index in [2.05, 4.69) is 152 Å². The summed E-state index contributed by atoms with van der Waals surface area (Å²) < 4.78 is 5.07. The molecule has 0 N–H and O–H groups in total. The van der Waals surface area contributed by atoms with Crippen LogP contribution in [0, 0.1) is 0 Å². The fraction of sp³-hybridized carbons (Fsp3) is 0.0698. The van der Waals surface area contributed by atoms with Gasteiger partial charge in [-0.3, -0.25) is 0 Å². The van der Waals surface area contributed by atoms with Crippen LogP contribution in [0.5, 0.6) is 0 Å². The van der Waals surface area contributed by atoms with Gasteiger partial charge in [-0.15, -0.1) is 11.3 Å². The number of hydrogen-bond donors (Lipinski definition) is 0. The summed E-state index contributed by atoms with van der Waals surface area (Å²) in [5, 5.41) is 5.27. The maximum Gasteiger partial charge on any atom is 0.160 e. The number of rotatable bonds is 3. The molecule has 3 nitrogen and oxygen atoms in total. The van der Waals surface area contributed by atoms with Gasteiger partial charge in [0.2, 0.25) is 0 Å². The molecule has 9 aromatic rings. The molecule has 3 aromatic heterocycles. The average Bonchev–Trinajstić information content (AvgIpc) is 3.74. The van der Waals surface area contributed by atoms with Crippen LogP contribution in [0.4, 0.5) is 0 Å². The molecule has 47 heavy (non-hydrogen) atoms. The summed E-state index contributed by atoms with van der Waals surface area (Å²) in [7, 11) is 0. The predicted octanol–water partition coefficient (Wildman–Crippen LogP) is 11.6. The van der Waals surface area contributed by atoms with Crippen LogP contribution in [0.2, 0.25) is 0 Å². The van der Waals surface area contributed by atoms with Crippen molar-refractivity contribution in [2.45, 2.75) is 19.3 Å². The molecule has 3 heterocycles. The molecule has 10 rings (SSSR count). The van der Waals surface area contributed by atoms with Crippen LogP contribution in [0.1, 0.15) is 25.0 Å². The highest BCUT2D eigenvalue weighted by molar-refractivity contribution is 7.26. The van der Waals surface area contributed by atoms with E-state index in [1.165, 1.54) is 58.7 Å². The molecule has 0 fully saturated rings. The number of hydrogen-bond acceptors (Lipinski definition) is 3. The van der Waals surface area contributed by atoms with Crippen molar-refractivity contribution in [3.8, 4) is 39.6 Å². The predicted molar refractivity (Wildman–Crippen MR) is 198 cm³/mol. The van der Waals surface area contributed by atoms with Gasteiger partial charge in [0.05, 0.1) is 22.4 Å². The molecule has 0 aliphatic heterocycles. The molecule has 0 bridgehead atoms. The molecule has 0 atom stereocenters. The van der Waals surface area contributed by atoms with E-state index in [1.54, 1.807) is 0 Å². The smallest absolute Gasteiger partial charge is 0.160 e. The molecular weight excluding hydrogens is 591 g/mol. The lowest BCUT2D eigenvalue weighted by atomic mass is 9.81. The Morgan fingerprint density at radius 3 is 2.09 bits per heavy atom. The van der Waals surface area contributed by atoms with Crippen molar-refractivity contribution < 1.29 is 0 Å². The van der Waals surface area contributed by atoms with Gasteiger partial charge < -0.3 is 4.57 Å². The van der Waals surface area contributed by atoms with Gasteiger partial charge in [-0.25, -0.2) is 9.97 Å². The monoisotopic (exact) mass is 619 g/mol. The third kappa shape index (κ3) is 3.73. The summed E-state index contributed by atoms with van der Waals surface area (Å²) in [6, 6.07) is 50.2. The summed E-state index contributed by atoms with van der Waals surface area (Å²) in [5.41, 5.74) is 11.2. The minimum atomic E-state index is -0.226. The van der Waals surface area contributed by atoms with E-state index < -0.39 is 0 Å². The highest BCUT2D eigenvalue weighted by Crippen LogP contribution is 2.51. The summed E-state index contributed by atoms with van der Waals surface area (Å²) in [4.78, 5) is 10.5. The summed E-state index contributed by atoms with van der Waals surface area (Å²) in [5.74, 6) is 0.755. The number of para-hydroxylation sites is 1. The lowest BCUT2D eigenvalue weighted by Gasteiger charge is -2.24. The highest BCUT2D eigenvalue weighted by Gasteiger charge is 2.40. The Morgan fingerprint density at radius 2 is 1.23 bits per heavy atom. The molecule has 0 saturated heterocycles. The van der Waals surface area contributed by atoms with Gasteiger partial charge in [0.15, 0.2) is 5.82 Å². The Bertz CT molecular complexity index is 2700. The third-order valence-corrected chi connectivity index (χ3v) is 11.1. The second-order valence-corrected chi connectivity index (χ2v) is 14.1. The first-order valence-corrected chi connectivity index (χ1v) is 16.9. The Kier molecular flexibility index (Phi) is 5.50. The molecule has 6 aromatic carbocycles. The standard InChI is InChI=1S/C43H29N3S/c1-43(2)32-17-9-6-14-29(32)41-39(43)40(44-42(45-41)27-12-4-3-5-13-27)26-20-22-28(23-21-26)46-33-18-10-7-15-30(33)37-34(46)24-25-36-38(37)31-16-8-11-19-35(31)47-36/h3-25H,1-2H3. The van der Waals surface area contributed by atoms with Crippen LogP contribution in [0.15, 0.2) is 140 Å². The largest absolute Gasteiger partial charge is 0.309 e. The third-order valence-electron chi connectivity index (χ3n) is 10.00. The van der Waals surface area contributed by atoms with E-state index >= 15 is 0 Å². The molecule has 0 spiro atoms. The van der Waals surface area contributed by atoms with Crippen molar-refractivity contribution in [2.24, 2.45) is 0 Å². The van der Waals surface area contributed by atoms with Crippen LogP contribution < -0.4 is 0 Å². The topological polar surface area (TPSA) is 30.7 Å². The van der Waals surface area contributed by atoms with Gasteiger partial charge in [-0.05, 0) is 42.0 Å². The summed E-state index contributed by atoms with van der Waals surface area (Å²) >= 11 is 1.87. The Morgan fingerprint density at radius 1 is 0.532 bits per heavy atom. The number of fused-ring (bicyclic) bond motifs is 10. The number of nitrogens with zero attached hydrogens (tertiary/aromatic N) is 3. The summed E-state index contributed by atoms with van der Waals surface area (Å²) in [6.45, 7) is 4.60. The van der Waals surface area contributed by atoms with Gasteiger partial charge in [0.1, 0.15) is 0 Å². The van der Waals surface area contributed by atoms with Crippen LogP contribution in [0.3, 0.4) is 0 Å². The molecule has 0 saturated carbocycles. The fourth-order valence-electron chi connectivity index (χ4n) is 7.86. The quantitative estimate of drug-likeness (QED) is 0.197. The number of benzene rings is 6. The van der Waals surface area contributed by atoms with Gasteiger partial charge in [0.25, 0.3) is 0 Å². The fourth-order valence-corrected chi connectivity index (χ4v) is 8.98. The van der Waals surface area contributed by atoms with Crippen LogP contribution in [0.25, 0.3) is 81.6 Å². The van der Waals surface area contributed by atoms with Crippen molar-refractivity contribution in [1.29, 1.82) is 0 Å². The zero-order valence-electron chi connectivity index (χ0n) is 26.0. The van der Waals surface area contributed by atoms with E-state index in [1.807, 2.05) is 17.4 Å². The van der Waals surface area contributed by atoms with Crippen molar-refractivity contribution in [2.75, 3.05) is 0 Å². The van der Waals surface area contributed by atoms with Gasteiger partial charge in [-0.1, -0.05) is 117 Å². The van der Waals surface area contributed by atoms with E-state index in [0.29, 0.717) is 0 Å². The maximum absolute atomic E-state index is 5.30. The number of aromatic nitrogens is 3.